The zero-order valence-electron chi connectivity index (χ0n) is 12.4. The molecule has 0 radical (unpaired) electrons. The molecule has 0 fully saturated rings. The maximum atomic E-state index is 11.8. The first-order valence-electron chi connectivity index (χ1n) is 7.01. The molecule has 116 valence electrons. The van der Waals surface area contributed by atoms with Gasteiger partial charge in [-0.2, -0.15) is 0 Å². The molecule has 1 amide bonds. The van der Waals surface area contributed by atoms with Crippen molar-refractivity contribution >= 4 is 23.4 Å². The normalized spacial score (nSPS) is 10.0. The van der Waals surface area contributed by atoms with Crippen molar-refractivity contribution in [3.05, 3.63) is 17.8 Å². The molecule has 1 aromatic rings. The van der Waals surface area contributed by atoms with Crippen molar-refractivity contribution in [3.63, 3.8) is 0 Å². The van der Waals surface area contributed by atoms with E-state index < -0.39 is 5.97 Å². The second-order valence-corrected chi connectivity index (χ2v) is 4.41. The minimum Gasteiger partial charge on any atom is -0.462 e. The van der Waals surface area contributed by atoms with E-state index in [-0.39, 0.29) is 18.1 Å². The van der Waals surface area contributed by atoms with Crippen LogP contribution in [0.1, 0.15) is 37.0 Å². The van der Waals surface area contributed by atoms with Gasteiger partial charge in [-0.15, -0.1) is 0 Å². The number of hydrogen-bond donors (Lipinski definition) is 3. The quantitative estimate of drug-likeness (QED) is 0.621. The molecule has 0 unspecified atom stereocenters. The molecular weight excluding hydrogens is 272 g/mol. The molecule has 0 bridgehead atoms. The van der Waals surface area contributed by atoms with Crippen molar-refractivity contribution in [2.24, 2.45) is 0 Å². The van der Waals surface area contributed by atoms with Crippen LogP contribution in [0.3, 0.4) is 0 Å². The highest BCUT2D eigenvalue weighted by Gasteiger charge is 2.14. The molecule has 0 aliphatic carbocycles. The summed E-state index contributed by atoms with van der Waals surface area (Å²) in [7, 11) is 0. The second-order valence-electron chi connectivity index (χ2n) is 4.41. The molecule has 0 saturated heterocycles. The molecule has 4 N–H and O–H groups in total. The van der Waals surface area contributed by atoms with E-state index in [9.17, 15) is 9.59 Å². The number of nitrogens with one attached hydrogen (secondary N) is 2. The van der Waals surface area contributed by atoms with E-state index in [0.717, 1.165) is 6.42 Å². The molecule has 0 saturated carbocycles. The smallest absolute Gasteiger partial charge is 0.341 e. The van der Waals surface area contributed by atoms with Crippen LogP contribution >= 0.6 is 0 Å². The second kappa shape index (κ2) is 8.78. The van der Waals surface area contributed by atoms with Crippen LogP contribution in [0.5, 0.6) is 0 Å². The van der Waals surface area contributed by atoms with Crippen LogP contribution in [0, 0.1) is 0 Å². The maximum absolute atomic E-state index is 11.8. The van der Waals surface area contributed by atoms with Crippen LogP contribution in [-0.2, 0) is 9.53 Å². The number of pyridine rings is 1. The van der Waals surface area contributed by atoms with Crippen molar-refractivity contribution in [2.45, 2.75) is 26.7 Å². The first-order valence-corrected chi connectivity index (χ1v) is 7.01. The van der Waals surface area contributed by atoms with E-state index in [4.69, 9.17) is 10.5 Å². The summed E-state index contributed by atoms with van der Waals surface area (Å²) in [6, 6.07) is 1.50. The highest BCUT2D eigenvalue weighted by Crippen LogP contribution is 2.16. The fourth-order valence-electron chi connectivity index (χ4n) is 1.63. The van der Waals surface area contributed by atoms with Crippen molar-refractivity contribution in [1.29, 1.82) is 0 Å². The topological polar surface area (TPSA) is 106 Å². The Morgan fingerprint density at radius 3 is 2.76 bits per heavy atom. The Morgan fingerprint density at radius 1 is 1.33 bits per heavy atom. The number of rotatable bonds is 8. The third kappa shape index (κ3) is 5.68. The molecule has 0 aliphatic rings. The van der Waals surface area contributed by atoms with E-state index >= 15 is 0 Å². The number of hydrogen-bond acceptors (Lipinski definition) is 6. The molecule has 0 atom stereocenters. The molecule has 7 heteroatoms. The van der Waals surface area contributed by atoms with E-state index in [0.29, 0.717) is 31.0 Å². The van der Waals surface area contributed by atoms with Gasteiger partial charge in [0.25, 0.3) is 0 Å². The summed E-state index contributed by atoms with van der Waals surface area (Å²) in [6.07, 6.45) is 2.64. The lowest BCUT2D eigenvalue weighted by Crippen LogP contribution is -2.26. The number of nitrogen functional groups attached to an aromatic ring is 1. The van der Waals surface area contributed by atoms with Crippen molar-refractivity contribution in [2.75, 3.05) is 30.7 Å². The summed E-state index contributed by atoms with van der Waals surface area (Å²) in [4.78, 5) is 27.4. The van der Waals surface area contributed by atoms with E-state index in [1.807, 2.05) is 6.92 Å². The van der Waals surface area contributed by atoms with Crippen molar-refractivity contribution < 1.29 is 14.3 Å². The third-order valence-corrected chi connectivity index (χ3v) is 2.62. The molecule has 7 nitrogen and oxygen atoms in total. The van der Waals surface area contributed by atoms with Gasteiger partial charge in [0.1, 0.15) is 11.4 Å². The van der Waals surface area contributed by atoms with Gasteiger partial charge >= 0.3 is 5.97 Å². The van der Waals surface area contributed by atoms with Gasteiger partial charge in [-0.3, -0.25) is 4.79 Å². The van der Waals surface area contributed by atoms with Gasteiger partial charge in [-0.25, -0.2) is 9.78 Å². The SMILES string of the molecule is CCCNC(=O)CCNc1ncc(N)cc1C(=O)OCC. The summed E-state index contributed by atoms with van der Waals surface area (Å²) < 4.78 is 4.95. The lowest BCUT2D eigenvalue weighted by atomic mass is 10.2. The molecule has 1 aromatic heterocycles. The highest BCUT2D eigenvalue weighted by atomic mass is 16.5. The molecule has 21 heavy (non-hydrogen) atoms. The Kier molecular flexibility index (Phi) is 7.00. The standard InChI is InChI=1S/C14H22N4O3/c1-3-6-16-12(19)5-7-17-13-11(14(20)21-4-2)8-10(15)9-18-13/h8-9H,3-7,15H2,1-2H3,(H,16,19)(H,17,18). The minimum atomic E-state index is -0.491. The van der Waals surface area contributed by atoms with E-state index in [2.05, 4.69) is 15.6 Å². The Hall–Kier alpha value is -2.31. The number of esters is 1. The highest BCUT2D eigenvalue weighted by molar-refractivity contribution is 5.95. The number of carbonyl (C=O) groups excluding carboxylic acids is 2. The lowest BCUT2D eigenvalue weighted by molar-refractivity contribution is -0.120. The Balaban J connectivity index is 2.62. The summed E-state index contributed by atoms with van der Waals surface area (Å²) in [5, 5.41) is 5.73. The summed E-state index contributed by atoms with van der Waals surface area (Å²) in [5.41, 5.74) is 6.28. The van der Waals surface area contributed by atoms with Crippen LogP contribution in [0.25, 0.3) is 0 Å². The zero-order valence-corrected chi connectivity index (χ0v) is 12.4. The number of anilines is 2. The monoisotopic (exact) mass is 294 g/mol. The fourth-order valence-corrected chi connectivity index (χ4v) is 1.63. The molecule has 1 rings (SSSR count). The van der Waals surface area contributed by atoms with Gasteiger partial charge in [-0.1, -0.05) is 6.92 Å². The number of aromatic nitrogens is 1. The molecule has 1 heterocycles. The largest absolute Gasteiger partial charge is 0.462 e. The number of amides is 1. The number of nitrogens with two attached hydrogens (primary N) is 1. The number of ether oxygens (including phenoxy) is 1. The molecule has 0 aliphatic heterocycles. The third-order valence-electron chi connectivity index (χ3n) is 2.62. The minimum absolute atomic E-state index is 0.0440. The van der Waals surface area contributed by atoms with Crippen LogP contribution in [0.15, 0.2) is 12.3 Å². The number of nitrogens with zero attached hydrogens (tertiary/aromatic N) is 1. The van der Waals surface area contributed by atoms with Gasteiger partial charge in [0.05, 0.1) is 18.5 Å². The first kappa shape index (κ1) is 16.7. The fraction of sp³-hybridized carbons (Fsp3) is 0.500. The Bertz CT molecular complexity index is 491. The average Bonchev–Trinajstić information content (AvgIpc) is 2.46. The lowest BCUT2D eigenvalue weighted by Gasteiger charge is -2.11. The summed E-state index contributed by atoms with van der Waals surface area (Å²) >= 11 is 0. The number of carbonyl (C=O) groups is 2. The Labute approximate surface area is 124 Å². The van der Waals surface area contributed by atoms with Crippen LogP contribution < -0.4 is 16.4 Å². The summed E-state index contributed by atoms with van der Waals surface area (Å²) in [5.74, 6) is -0.168. The van der Waals surface area contributed by atoms with Gasteiger partial charge in [0, 0.05) is 19.5 Å². The average molecular weight is 294 g/mol. The van der Waals surface area contributed by atoms with Gasteiger partial charge < -0.3 is 21.1 Å². The van der Waals surface area contributed by atoms with E-state index in [1.54, 1.807) is 6.92 Å². The summed E-state index contributed by atoms with van der Waals surface area (Å²) in [6.45, 7) is 5.02. The molecule has 0 spiro atoms. The van der Waals surface area contributed by atoms with Gasteiger partial charge in [0.15, 0.2) is 0 Å². The van der Waals surface area contributed by atoms with Crippen molar-refractivity contribution in [1.82, 2.24) is 10.3 Å². The van der Waals surface area contributed by atoms with Crippen LogP contribution in [-0.4, -0.2) is 36.6 Å². The van der Waals surface area contributed by atoms with Crippen LogP contribution in [0.4, 0.5) is 11.5 Å². The zero-order chi connectivity index (χ0) is 15.7. The van der Waals surface area contributed by atoms with Gasteiger partial charge in [-0.05, 0) is 19.4 Å². The Morgan fingerprint density at radius 2 is 2.10 bits per heavy atom. The predicted octanol–water partition coefficient (Wildman–Crippen LogP) is 1.17. The predicted molar refractivity (Wildman–Crippen MR) is 81.0 cm³/mol. The molecule has 0 aromatic carbocycles. The first-order chi connectivity index (χ1) is 10.1. The van der Waals surface area contributed by atoms with Gasteiger partial charge in [0.2, 0.25) is 5.91 Å². The van der Waals surface area contributed by atoms with Crippen LogP contribution in [0.2, 0.25) is 0 Å². The van der Waals surface area contributed by atoms with E-state index in [1.165, 1.54) is 12.3 Å². The van der Waals surface area contributed by atoms with Crippen molar-refractivity contribution in [3.8, 4) is 0 Å². The maximum Gasteiger partial charge on any atom is 0.341 e. The molecular formula is C14H22N4O3.